The summed E-state index contributed by atoms with van der Waals surface area (Å²) in [4.78, 5) is 7.71. The Bertz CT molecular complexity index is 680. The summed E-state index contributed by atoms with van der Waals surface area (Å²) >= 11 is 0. The molecule has 2 N–H and O–H groups in total. The van der Waals surface area contributed by atoms with Crippen molar-refractivity contribution in [3.8, 4) is 0 Å². The molecule has 4 nitrogen and oxygen atoms in total. The standard InChI is InChI=1S/C15H15N3O/c1-2-6-12-10(4-1)8-13(19-12)15-14-11(17-9-18-14)5-3-7-16-15/h1-2,4,6,8-9,15-16H,3,5,7H2,(H,17,18). The van der Waals surface area contributed by atoms with Crippen molar-refractivity contribution in [2.45, 2.75) is 18.9 Å². The first-order chi connectivity index (χ1) is 9.42. The van der Waals surface area contributed by atoms with Crippen LogP contribution < -0.4 is 5.32 Å². The Morgan fingerprint density at radius 2 is 2.21 bits per heavy atom. The molecule has 2 aromatic heterocycles. The Labute approximate surface area is 110 Å². The number of hydrogen-bond donors (Lipinski definition) is 2. The van der Waals surface area contributed by atoms with Gasteiger partial charge >= 0.3 is 0 Å². The van der Waals surface area contributed by atoms with Gasteiger partial charge in [-0.3, -0.25) is 0 Å². The van der Waals surface area contributed by atoms with Gasteiger partial charge in [-0.2, -0.15) is 0 Å². The molecule has 4 rings (SSSR count). The van der Waals surface area contributed by atoms with Crippen LogP contribution in [0.5, 0.6) is 0 Å². The summed E-state index contributed by atoms with van der Waals surface area (Å²) in [5.74, 6) is 0.941. The summed E-state index contributed by atoms with van der Waals surface area (Å²) in [6.45, 7) is 0.978. The summed E-state index contributed by atoms with van der Waals surface area (Å²) in [6, 6.07) is 10.3. The molecule has 1 aromatic carbocycles. The number of aryl methyl sites for hydroxylation is 1. The summed E-state index contributed by atoms with van der Waals surface area (Å²) in [6.07, 6.45) is 3.93. The number of nitrogens with zero attached hydrogens (tertiary/aromatic N) is 1. The highest BCUT2D eigenvalue weighted by atomic mass is 16.3. The lowest BCUT2D eigenvalue weighted by atomic mass is 10.1. The molecule has 0 aliphatic carbocycles. The maximum absolute atomic E-state index is 5.97. The lowest BCUT2D eigenvalue weighted by molar-refractivity contribution is 0.470. The molecule has 0 radical (unpaired) electrons. The highest BCUT2D eigenvalue weighted by molar-refractivity contribution is 5.77. The number of furan rings is 1. The minimum absolute atomic E-state index is 0.0520. The highest BCUT2D eigenvalue weighted by Gasteiger charge is 2.25. The van der Waals surface area contributed by atoms with Gasteiger partial charge in [0.05, 0.1) is 12.0 Å². The Morgan fingerprint density at radius 3 is 3.16 bits per heavy atom. The van der Waals surface area contributed by atoms with Gasteiger partial charge in [-0.15, -0.1) is 0 Å². The van der Waals surface area contributed by atoms with Crippen LogP contribution >= 0.6 is 0 Å². The predicted octanol–water partition coefficient (Wildman–Crippen LogP) is 2.78. The topological polar surface area (TPSA) is 53.9 Å². The summed E-state index contributed by atoms with van der Waals surface area (Å²) in [5.41, 5.74) is 3.22. The quantitative estimate of drug-likeness (QED) is 0.701. The van der Waals surface area contributed by atoms with E-state index in [1.54, 1.807) is 6.33 Å². The van der Waals surface area contributed by atoms with Gasteiger partial charge < -0.3 is 14.7 Å². The molecule has 0 fully saturated rings. The van der Waals surface area contributed by atoms with E-state index in [-0.39, 0.29) is 6.04 Å². The molecule has 1 aliphatic rings. The maximum atomic E-state index is 5.97. The number of nitrogens with one attached hydrogen (secondary N) is 2. The van der Waals surface area contributed by atoms with Gasteiger partial charge in [0.1, 0.15) is 17.4 Å². The summed E-state index contributed by atoms with van der Waals surface area (Å²) in [5, 5.41) is 4.66. The molecule has 19 heavy (non-hydrogen) atoms. The van der Waals surface area contributed by atoms with E-state index in [1.165, 1.54) is 5.69 Å². The third-order valence-corrected chi connectivity index (χ3v) is 3.71. The number of aromatic amines is 1. The van der Waals surface area contributed by atoms with Gasteiger partial charge in [-0.1, -0.05) is 18.2 Å². The third kappa shape index (κ3) is 1.76. The first-order valence-corrected chi connectivity index (χ1v) is 6.66. The van der Waals surface area contributed by atoms with Crippen LogP contribution in [0.3, 0.4) is 0 Å². The Kier molecular flexibility index (Phi) is 2.42. The van der Waals surface area contributed by atoms with Crippen LogP contribution in [0.2, 0.25) is 0 Å². The fourth-order valence-corrected chi connectivity index (χ4v) is 2.77. The van der Waals surface area contributed by atoms with Crippen molar-refractivity contribution in [1.82, 2.24) is 15.3 Å². The number of hydrogen-bond acceptors (Lipinski definition) is 3. The molecule has 0 saturated heterocycles. The number of H-pyrrole nitrogens is 1. The fourth-order valence-electron chi connectivity index (χ4n) is 2.77. The molecule has 3 heterocycles. The van der Waals surface area contributed by atoms with Crippen LogP contribution in [0, 0.1) is 0 Å². The Morgan fingerprint density at radius 1 is 1.26 bits per heavy atom. The number of para-hydroxylation sites is 1. The third-order valence-electron chi connectivity index (χ3n) is 3.71. The van der Waals surface area contributed by atoms with E-state index < -0.39 is 0 Å². The van der Waals surface area contributed by atoms with Crippen LogP contribution in [0.4, 0.5) is 0 Å². The minimum atomic E-state index is 0.0520. The van der Waals surface area contributed by atoms with E-state index in [9.17, 15) is 0 Å². The van der Waals surface area contributed by atoms with Crippen molar-refractivity contribution in [2.75, 3.05) is 6.54 Å². The zero-order chi connectivity index (χ0) is 12.7. The molecule has 1 atom stereocenters. The van der Waals surface area contributed by atoms with Gasteiger partial charge in [0.25, 0.3) is 0 Å². The van der Waals surface area contributed by atoms with Gasteiger partial charge in [0.2, 0.25) is 0 Å². The number of rotatable bonds is 1. The molecule has 3 aromatic rings. The monoisotopic (exact) mass is 253 g/mol. The lowest BCUT2D eigenvalue weighted by Crippen LogP contribution is -2.21. The molecule has 0 spiro atoms. The molecule has 1 unspecified atom stereocenters. The number of fused-ring (bicyclic) bond motifs is 2. The van der Waals surface area contributed by atoms with E-state index in [2.05, 4.69) is 27.4 Å². The second kappa shape index (κ2) is 4.24. The number of imidazole rings is 1. The van der Waals surface area contributed by atoms with Crippen molar-refractivity contribution in [3.05, 3.63) is 53.8 Å². The zero-order valence-corrected chi connectivity index (χ0v) is 10.5. The van der Waals surface area contributed by atoms with E-state index >= 15 is 0 Å². The second-order valence-electron chi connectivity index (χ2n) is 4.94. The predicted molar refractivity (Wildman–Crippen MR) is 73.0 cm³/mol. The molecule has 0 saturated carbocycles. The molecular formula is C15H15N3O. The number of aromatic nitrogens is 2. The fraction of sp³-hybridized carbons (Fsp3) is 0.267. The maximum Gasteiger partial charge on any atom is 0.134 e. The van der Waals surface area contributed by atoms with E-state index in [0.29, 0.717) is 0 Å². The van der Waals surface area contributed by atoms with Crippen LogP contribution in [0.25, 0.3) is 11.0 Å². The zero-order valence-electron chi connectivity index (χ0n) is 10.5. The average Bonchev–Trinajstić information content (AvgIpc) is 3.01. The van der Waals surface area contributed by atoms with Crippen LogP contribution in [0.15, 0.2) is 41.1 Å². The van der Waals surface area contributed by atoms with Crippen molar-refractivity contribution >= 4 is 11.0 Å². The lowest BCUT2D eigenvalue weighted by Gasteiger charge is -2.12. The van der Waals surface area contributed by atoms with Gasteiger partial charge in [-0.05, 0) is 31.5 Å². The largest absolute Gasteiger partial charge is 0.459 e. The van der Waals surface area contributed by atoms with Gasteiger partial charge in [0.15, 0.2) is 0 Å². The van der Waals surface area contributed by atoms with Gasteiger partial charge in [-0.25, -0.2) is 4.98 Å². The van der Waals surface area contributed by atoms with Crippen molar-refractivity contribution in [1.29, 1.82) is 0 Å². The van der Waals surface area contributed by atoms with Crippen molar-refractivity contribution in [2.24, 2.45) is 0 Å². The summed E-state index contributed by atoms with van der Waals surface area (Å²) in [7, 11) is 0. The molecule has 4 heteroatoms. The molecule has 1 aliphatic heterocycles. The Hall–Kier alpha value is -2.07. The normalized spacial score (nSPS) is 19.3. The van der Waals surface area contributed by atoms with Crippen molar-refractivity contribution < 1.29 is 4.42 Å². The first-order valence-electron chi connectivity index (χ1n) is 6.66. The average molecular weight is 253 g/mol. The summed E-state index contributed by atoms with van der Waals surface area (Å²) < 4.78 is 5.97. The Balaban J connectivity index is 1.83. The first kappa shape index (κ1) is 10.8. The molecule has 96 valence electrons. The number of benzene rings is 1. The minimum Gasteiger partial charge on any atom is -0.459 e. The van der Waals surface area contributed by atoms with Gasteiger partial charge in [0, 0.05) is 11.1 Å². The van der Waals surface area contributed by atoms with Crippen LogP contribution in [-0.4, -0.2) is 16.5 Å². The molecular weight excluding hydrogens is 238 g/mol. The van der Waals surface area contributed by atoms with Crippen molar-refractivity contribution in [3.63, 3.8) is 0 Å². The smallest absolute Gasteiger partial charge is 0.134 e. The second-order valence-corrected chi connectivity index (χ2v) is 4.94. The van der Waals surface area contributed by atoms with E-state index in [4.69, 9.17) is 4.42 Å². The van der Waals surface area contributed by atoms with E-state index in [1.807, 2.05) is 18.2 Å². The molecule has 0 amide bonds. The van der Waals surface area contributed by atoms with Crippen LogP contribution in [0.1, 0.15) is 29.6 Å². The highest BCUT2D eigenvalue weighted by Crippen LogP contribution is 2.30. The van der Waals surface area contributed by atoms with E-state index in [0.717, 1.165) is 41.8 Å². The molecule has 0 bridgehead atoms. The SMILES string of the molecule is c1ccc2oc(C3NCCCc4[nH]cnc43)cc2c1. The van der Waals surface area contributed by atoms with Crippen LogP contribution in [-0.2, 0) is 6.42 Å².